The van der Waals surface area contributed by atoms with Crippen molar-refractivity contribution in [2.45, 2.75) is 32.1 Å². The second-order valence-electron chi connectivity index (χ2n) is 8.37. The summed E-state index contributed by atoms with van der Waals surface area (Å²) >= 11 is 1.55. The van der Waals surface area contributed by atoms with E-state index in [1.54, 1.807) is 36.9 Å². The molecule has 7 nitrogen and oxygen atoms in total. The number of aromatic nitrogens is 3. The van der Waals surface area contributed by atoms with Gasteiger partial charge in [0, 0.05) is 27.9 Å². The summed E-state index contributed by atoms with van der Waals surface area (Å²) in [5, 5.41) is 3.60. The number of hydrogen-bond acceptors (Lipinski definition) is 7. The third-order valence-corrected chi connectivity index (χ3v) is 7.15. The number of rotatable bonds is 5. The minimum atomic E-state index is -0.273. The van der Waals surface area contributed by atoms with Crippen LogP contribution in [-0.4, -0.2) is 28.0 Å². The number of pyridine rings is 2. The van der Waals surface area contributed by atoms with Crippen LogP contribution in [0.1, 0.15) is 44.5 Å². The fourth-order valence-electron chi connectivity index (χ4n) is 4.40. The average Bonchev–Trinajstić information content (AvgIpc) is 3.25. The Morgan fingerprint density at radius 2 is 1.97 bits per heavy atom. The number of benzene rings is 1. The van der Waals surface area contributed by atoms with Crippen molar-refractivity contribution >= 4 is 28.2 Å². The molecule has 3 heterocycles. The van der Waals surface area contributed by atoms with Gasteiger partial charge in [0.2, 0.25) is 0 Å². The van der Waals surface area contributed by atoms with E-state index in [4.69, 9.17) is 15.5 Å². The molecule has 0 spiro atoms. The van der Waals surface area contributed by atoms with E-state index in [2.05, 4.69) is 39.6 Å². The molecule has 0 saturated heterocycles. The maximum atomic E-state index is 13.3. The van der Waals surface area contributed by atoms with E-state index in [0.29, 0.717) is 39.3 Å². The molecule has 172 valence electrons. The SMILES string of the molecule is COc1cnc(N)cc1-c1cc(C)ncc1C(=O)Nc1nc2c(s1)CC(c1ccccc1)CC2. The van der Waals surface area contributed by atoms with E-state index >= 15 is 0 Å². The van der Waals surface area contributed by atoms with Crippen molar-refractivity contribution in [3.63, 3.8) is 0 Å². The highest BCUT2D eigenvalue weighted by Crippen LogP contribution is 2.38. The number of hydrogen-bond donors (Lipinski definition) is 2. The van der Waals surface area contributed by atoms with Crippen molar-refractivity contribution in [3.8, 4) is 16.9 Å². The van der Waals surface area contributed by atoms with Gasteiger partial charge in [-0.05, 0) is 49.8 Å². The lowest BCUT2D eigenvalue weighted by molar-refractivity contribution is 0.102. The van der Waals surface area contributed by atoms with Gasteiger partial charge in [0.25, 0.3) is 5.91 Å². The quantitative estimate of drug-likeness (QED) is 0.423. The van der Waals surface area contributed by atoms with Gasteiger partial charge < -0.3 is 10.5 Å². The Bertz CT molecular complexity index is 1350. The predicted octanol–water partition coefficient (Wildman–Crippen LogP) is 5.02. The zero-order chi connectivity index (χ0) is 23.7. The Balaban J connectivity index is 1.42. The topological polar surface area (TPSA) is 103 Å². The summed E-state index contributed by atoms with van der Waals surface area (Å²) in [6.45, 7) is 1.88. The third-order valence-electron chi connectivity index (χ3n) is 6.12. The molecule has 0 fully saturated rings. The summed E-state index contributed by atoms with van der Waals surface area (Å²) in [4.78, 5) is 27.7. The van der Waals surface area contributed by atoms with E-state index in [1.807, 2.05) is 19.1 Å². The van der Waals surface area contributed by atoms with Gasteiger partial charge in [-0.15, -0.1) is 11.3 Å². The Morgan fingerprint density at radius 3 is 2.76 bits per heavy atom. The second-order valence-corrected chi connectivity index (χ2v) is 9.46. The summed E-state index contributed by atoms with van der Waals surface area (Å²) in [6.07, 6.45) is 6.04. The first-order chi connectivity index (χ1) is 16.5. The molecule has 0 saturated carbocycles. The van der Waals surface area contributed by atoms with Crippen molar-refractivity contribution in [2.75, 3.05) is 18.2 Å². The van der Waals surface area contributed by atoms with Crippen LogP contribution in [0.4, 0.5) is 10.9 Å². The molecule has 4 aromatic rings. The van der Waals surface area contributed by atoms with Gasteiger partial charge in [0.15, 0.2) is 5.13 Å². The van der Waals surface area contributed by atoms with Crippen LogP contribution in [-0.2, 0) is 12.8 Å². The minimum absolute atomic E-state index is 0.273. The highest BCUT2D eigenvalue weighted by atomic mass is 32.1. The number of carbonyl (C=O) groups excluding carboxylic acids is 1. The lowest BCUT2D eigenvalue weighted by atomic mass is 9.85. The molecule has 3 aromatic heterocycles. The number of ether oxygens (including phenoxy) is 1. The number of nitrogens with zero attached hydrogens (tertiary/aromatic N) is 3. The van der Waals surface area contributed by atoms with Crippen molar-refractivity contribution in [1.29, 1.82) is 0 Å². The maximum Gasteiger partial charge on any atom is 0.259 e. The van der Waals surface area contributed by atoms with Crippen LogP contribution in [0.15, 0.2) is 54.9 Å². The van der Waals surface area contributed by atoms with E-state index < -0.39 is 0 Å². The summed E-state index contributed by atoms with van der Waals surface area (Å²) in [6, 6.07) is 14.1. The van der Waals surface area contributed by atoms with Gasteiger partial charge in [0.05, 0.1) is 24.6 Å². The van der Waals surface area contributed by atoms with Gasteiger partial charge in [0.1, 0.15) is 11.6 Å². The molecule has 3 N–H and O–H groups in total. The fourth-order valence-corrected chi connectivity index (χ4v) is 5.48. The van der Waals surface area contributed by atoms with Crippen LogP contribution in [0.3, 0.4) is 0 Å². The van der Waals surface area contributed by atoms with Crippen molar-refractivity contribution in [2.24, 2.45) is 0 Å². The van der Waals surface area contributed by atoms with E-state index in [0.717, 1.165) is 30.7 Å². The van der Waals surface area contributed by atoms with Crippen LogP contribution in [0.5, 0.6) is 5.75 Å². The Labute approximate surface area is 202 Å². The van der Waals surface area contributed by atoms with E-state index in [9.17, 15) is 4.79 Å². The van der Waals surface area contributed by atoms with Crippen LogP contribution in [0, 0.1) is 6.92 Å². The number of carbonyl (C=O) groups is 1. The molecule has 34 heavy (non-hydrogen) atoms. The average molecular weight is 472 g/mol. The molecule has 5 rings (SSSR count). The summed E-state index contributed by atoms with van der Waals surface area (Å²) < 4.78 is 5.47. The second kappa shape index (κ2) is 9.23. The summed E-state index contributed by atoms with van der Waals surface area (Å²) in [7, 11) is 1.56. The number of thiazole rings is 1. The van der Waals surface area contributed by atoms with Gasteiger partial charge in [-0.2, -0.15) is 0 Å². The first-order valence-corrected chi connectivity index (χ1v) is 11.9. The molecule has 1 unspecified atom stereocenters. The number of nitrogen functional groups attached to an aromatic ring is 1. The minimum Gasteiger partial charge on any atom is -0.494 e. The molecular weight excluding hydrogens is 446 g/mol. The van der Waals surface area contributed by atoms with Gasteiger partial charge in [-0.1, -0.05) is 30.3 Å². The molecule has 1 amide bonds. The lowest BCUT2D eigenvalue weighted by Gasteiger charge is -2.21. The Kier molecular flexibility index (Phi) is 5.98. The molecule has 1 atom stereocenters. The van der Waals surface area contributed by atoms with Gasteiger partial charge >= 0.3 is 0 Å². The zero-order valence-corrected chi connectivity index (χ0v) is 19.9. The largest absolute Gasteiger partial charge is 0.494 e. The smallest absolute Gasteiger partial charge is 0.259 e. The molecular formula is C26H25N5O2S. The van der Waals surface area contributed by atoms with E-state index in [-0.39, 0.29) is 5.91 Å². The van der Waals surface area contributed by atoms with Crippen LogP contribution >= 0.6 is 11.3 Å². The van der Waals surface area contributed by atoms with Crippen LogP contribution in [0.25, 0.3) is 11.1 Å². The van der Waals surface area contributed by atoms with Crippen molar-refractivity contribution in [3.05, 3.63) is 82.3 Å². The number of fused-ring (bicyclic) bond motifs is 1. The summed E-state index contributed by atoms with van der Waals surface area (Å²) in [5.41, 5.74) is 10.9. The van der Waals surface area contributed by atoms with Crippen LogP contribution < -0.4 is 15.8 Å². The molecule has 8 heteroatoms. The van der Waals surface area contributed by atoms with E-state index in [1.165, 1.54) is 10.4 Å². The molecule has 0 aliphatic heterocycles. The third kappa shape index (κ3) is 4.36. The molecule has 1 aliphatic rings. The molecule has 0 radical (unpaired) electrons. The highest BCUT2D eigenvalue weighted by Gasteiger charge is 2.25. The molecule has 0 bridgehead atoms. The van der Waals surface area contributed by atoms with Gasteiger partial charge in [-0.3, -0.25) is 15.1 Å². The highest BCUT2D eigenvalue weighted by molar-refractivity contribution is 7.15. The van der Waals surface area contributed by atoms with Gasteiger partial charge in [-0.25, -0.2) is 9.97 Å². The molecule has 1 aliphatic carbocycles. The standard InChI is InChI=1S/C26H25N5O2S/c1-15-10-18(19-12-24(27)29-14-22(19)33-2)20(13-28-15)25(32)31-26-30-21-9-8-17(11-23(21)34-26)16-6-4-3-5-7-16/h3-7,10,12-14,17H,8-9,11H2,1-2H3,(H2,27,29)(H,30,31,32). The van der Waals surface area contributed by atoms with Crippen LogP contribution in [0.2, 0.25) is 0 Å². The first kappa shape index (κ1) is 22.0. The monoisotopic (exact) mass is 471 g/mol. The number of amides is 1. The zero-order valence-electron chi connectivity index (χ0n) is 19.0. The van der Waals surface area contributed by atoms with Crippen molar-refractivity contribution < 1.29 is 9.53 Å². The Hall–Kier alpha value is -3.78. The molecule has 1 aromatic carbocycles. The number of methoxy groups -OCH3 is 1. The lowest BCUT2D eigenvalue weighted by Crippen LogP contribution is -2.14. The number of aryl methyl sites for hydroxylation is 2. The number of nitrogens with one attached hydrogen (secondary N) is 1. The normalized spacial score (nSPS) is 14.9. The van der Waals surface area contributed by atoms with Crippen molar-refractivity contribution in [1.82, 2.24) is 15.0 Å². The maximum absolute atomic E-state index is 13.3. The fraction of sp³-hybridized carbons (Fsp3) is 0.231. The number of anilines is 2. The summed E-state index contributed by atoms with van der Waals surface area (Å²) in [5.74, 6) is 1.09. The Morgan fingerprint density at radius 1 is 1.15 bits per heavy atom. The predicted molar refractivity (Wildman–Crippen MR) is 134 cm³/mol. The first-order valence-electron chi connectivity index (χ1n) is 11.1. The number of nitrogens with two attached hydrogens (primary N) is 1.